The van der Waals surface area contributed by atoms with Crippen LogP contribution in [0.3, 0.4) is 0 Å². The minimum absolute atomic E-state index is 0.162. The van der Waals surface area contributed by atoms with Crippen molar-refractivity contribution in [3.8, 4) is 0 Å². The monoisotopic (exact) mass is 367 g/mol. The van der Waals surface area contributed by atoms with E-state index in [1.165, 1.54) is 0 Å². The Hall–Kier alpha value is -2.73. The fourth-order valence-corrected chi connectivity index (χ4v) is 3.51. The van der Waals surface area contributed by atoms with E-state index >= 15 is 0 Å². The van der Waals surface area contributed by atoms with Gasteiger partial charge in [0.1, 0.15) is 5.56 Å². The standard InChI is InChI=1S/C20H21N3O2S/c1-14-5-3-6-16(11-14)12-23-10-4-7-17(20(23)25)19(24)21-9-8-18-22-15(2)13-26-18/h3-7,10-11,13H,8-9,12H2,1-2H3,(H,21,24). The van der Waals surface area contributed by atoms with Gasteiger partial charge in [-0.15, -0.1) is 11.3 Å². The Labute approximate surface area is 156 Å². The zero-order chi connectivity index (χ0) is 18.5. The summed E-state index contributed by atoms with van der Waals surface area (Å²) in [6.07, 6.45) is 2.37. The van der Waals surface area contributed by atoms with E-state index in [2.05, 4.69) is 10.3 Å². The van der Waals surface area contributed by atoms with Gasteiger partial charge in [-0.2, -0.15) is 0 Å². The second kappa shape index (κ2) is 8.10. The number of carbonyl (C=O) groups excluding carboxylic acids is 1. The van der Waals surface area contributed by atoms with E-state index in [9.17, 15) is 9.59 Å². The molecule has 0 spiro atoms. The number of benzene rings is 1. The first-order valence-corrected chi connectivity index (χ1v) is 9.35. The van der Waals surface area contributed by atoms with Crippen molar-refractivity contribution in [2.75, 3.05) is 6.54 Å². The Balaban J connectivity index is 1.67. The highest BCUT2D eigenvalue weighted by Gasteiger charge is 2.12. The summed E-state index contributed by atoms with van der Waals surface area (Å²) in [7, 11) is 0. The molecule has 0 fully saturated rings. The van der Waals surface area contributed by atoms with Gasteiger partial charge in [0.15, 0.2) is 0 Å². The molecule has 0 aliphatic rings. The molecule has 0 aliphatic heterocycles. The lowest BCUT2D eigenvalue weighted by atomic mass is 10.1. The molecule has 0 radical (unpaired) electrons. The molecule has 0 unspecified atom stereocenters. The topological polar surface area (TPSA) is 64.0 Å². The van der Waals surface area contributed by atoms with E-state index in [0.717, 1.165) is 21.8 Å². The quantitative estimate of drug-likeness (QED) is 0.729. The Morgan fingerprint density at radius 3 is 2.81 bits per heavy atom. The molecule has 3 rings (SSSR count). The molecule has 1 amide bonds. The predicted molar refractivity (Wildman–Crippen MR) is 104 cm³/mol. The fraction of sp³-hybridized carbons (Fsp3) is 0.250. The first kappa shape index (κ1) is 18.1. The molecule has 6 heteroatoms. The molecular formula is C20H21N3O2S. The van der Waals surface area contributed by atoms with Gasteiger partial charge in [-0.3, -0.25) is 9.59 Å². The average Bonchev–Trinajstić information content (AvgIpc) is 3.02. The van der Waals surface area contributed by atoms with Gasteiger partial charge < -0.3 is 9.88 Å². The maximum Gasteiger partial charge on any atom is 0.263 e. The van der Waals surface area contributed by atoms with Crippen molar-refractivity contribution in [1.29, 1.82) is 0 Å². The van der Waals surface area contributed by atoms with Gasteiger partial charge in [-0.1, -0.05) is 29.8 Å². The number of amides is 1. The van der Waals surface area contributed by atoms with E-state index in [-0.39, 0.29) is 17.0 Å². The van der Waals surface area contributed by atoms with E-state index in [4.69, 9.17) is 0 Å². The molecule has 2 aromatic heterocycles. The maximum atomic E-state index is 12.6. The number of thiazole rings is 1. The van der Waals surface area contributed by atoms with Crippen molar-refractivity contribution in [2.24, 2.45) is 0 Å². The summed E-state index contributed by atoms with van der Waals surface area (Å²) >= 11 is 1.58. The van der Waals surface area contributed by atoms with Gasteiger partial charge in [0.25, 0.3) is 11.5 Å². The van der Waals surface area contributed by atoms with Gasteiger partial charge in [0, 0.05) is 30.2 Å². The lowest BCUT2D eigenvalue weighted by Gasteiger charge is -2.09. The highest BCUT2D eigenvalue weighted by molar-refractivity contribution is 7.09. The number of aryl methyl sites for hydroxylation is 2. The zero-order valence-electron chi connectivity index (χ0n) is 14.9. The van der Waals surface area contributed by atoms with Crippen LogP contribution in [0.2, 0.25) is 0 Å². The van der Waals surface area contributed by atoms with Crippen LogP contribution in [0.25, 0.3) is 0 Å². The normalized spacial score (nSPS) is 10.7. The molecule has 0 atom stereocenters. The lowest BCUT2D eigenvalue weighted by Crippen LogP contribution is -2.33. The van der Waals surface area contributed by atoms with Crippen LogP contribution in [0.15, 0.2) is 52.8 Å². The summed E-state index contributed by atoms with van der Waals surface area (Å²) in [6, 6.07) is 11.3. The molecule has 26 heavy (non-hydrogen) atoms. The maximum absolute atomic E-state index is 12.6. The fourth-order valence-electron chi connectivity index (χ4n) is 2.74. The Bertz CT molecular complexity index is 975. The van der Waals surface area contributed by atoms with Crippen LogP contribution in [0.5, 0.6) is 0 Å². The molecular weight excluding hydrogens is 346 g/mol. The second-order valence-electron chi connectivity index (χ2n) is 6.23. The van der Waals surface area contributed by atoms with Crippen LogP contribution in [0.1, 0.15) is 32.2 Å². The summed E-state index contributed by atoms with van der Waals surface area (Å²) in [6.45, 7) is 4.86. The molecule has 0 bridgehead atoms. The van der Waals surface area contributed by atoms with Gasteiger partial charge in [0.2, 0.25) is 0 Å². The van der Waals surface area contributed by atoms with Crippen LogP contribution in [-0.2, 0) is 13.0 Å². The summed E-state index contributed by atoms with van der Waals surface area (Å²) < 4.78 is 1.56. The van der Waals surface area contributed by atoms with Crippen LogP contribution in [-0.4, -0.2) is 22.0 Å². The summed E-state index contributed by atoms with van der Waals surface area (Å²) in [5.74, 6) is -0.345. The molecule has 5 nitrogen and oxygen atoms in total. The SMILES string of the molecule is Cc1cccc(Cn2cccc(C(=O)NCCc3nc(C)cs3)c2=O)c1. The number of aromatic nitrogens is 2. The Kier molecular flexibility index (Phi) is 5.63. The number of nitrogens with zero attached hydrogens (tertiary/aromatic N) is 2. The third-order valence-electron chi connectivity index (χ3n) is 3.99. The first-order valence-electron chi connectivity index (χ1n) is 8.47. The molecule has 0 aliphatic carbocycles. The number of nitrogens with one attached hydrogen (secondary N) is 1. The summed E-state index contributed by atoms with van der Waals surface area (Å²) in [5.41, 5.74) is 3.04. The lowest BCUT2D eigenvalue weighted by molar-refractivity contribution is 0.0952. The molecule has 134 valence electrons. The number of carbonyl (C=O) groups is 1. The van der Waals surface area contributed by atoms with Crippen molar-refractivity contribution in [1.82, 2.24) is 14.9 Å². The van der Waals surface area contributed by atoms with Crippen LogP contribution >= 0.6 is 11.3 Å². The Morgan fingerprint density at radius 1 is 1.23 bits per heavy atom. The average molecular weight is 367 g/mol. The molecule has 2 heterocycles. The molecule has 1 aromatic carbocycles. The summed E-state index contributed by atoms with van der Waals surface area (Å²) in [4.78, 5) is 29.4. The second-order valence-corrected chi connectivity index (χ2v) is 7.18. The molecule has 0 saturated heterocycles. The number of hydrogen-bond donors (Lipinski definition) is 1. The third kappa shape index (κ3) is 4.46. The van der Waals surface area contributed by atoms with Crippen LogP contribution < -0.4 is 10.9 Å². The van der Waals surface area contributed by atoms with Crippen molar-refractivity contribution in [3.05, 3.63) is 85.7 Å². The minimum Gasteiger partial charge on any atom is -0.351 e. The van der Waals surface area contributed by atoms with Crippen molar-refractivity contribution in [2.45, 2.75) is 26.8 Å². The van der Waals surface area contributed by atoms with E-state index in [0.29, 0.717) is 19.5 Å². The van der Waals surface area contributed by atoms with Gasteiger partial charge in [-0.05, 0) is 31.5 Å². The van der Waals surface area contributed by atoms with E-state index < -0.39 is 0 Å². The van der Waals surface area contributed by atoms with Gasteiger partial charge in [0.05, 0.1) is 11.6 Å². The highest BCUT2D eigenvalue weighted by Crippen LogP contribution is 2.09. The zero-order valence-corrected chi connectivity index (χ0v) is 15.7. The van der Waals surface area contributed by atoms with Crippen molar-refractivity contribution in [3.63, 3.8) is 0 Å². The molecule has 1 N–H and O–H groups in total. The summed E-state index contributed by atoms with van der Waals surface area (Å²) in [5, 5.41) is 5.78. The smallest absolute Gasteiger partial charge is 0.263 e. The first-order chi connectivity index (χ1) is 12.5. The predicted octanol–water partition coefficient (Wildman–Crippen LogP) is 2.94. The van der Waals surface area contributed by atoms with Crippen LogP contribution in [0.4, 0.5) is 0 Å². The highest BCUT2D eigenvalue weighted by atomic mass is 32.1. The van der Waals surface area contributed by atoms with Gasteiger partial charge in [-0.25, -0.2) is 4.98 Å². The minimum atomic E-state index is -0.345. The molecule has 3 aromatic rings. The van der Waals surface area contributed by atoms with Crippen LogP contribution in [0, 0.1) is 13.8 Å². The number of pyridine rings is 1. The van der Waals surface area contributed by atoms with Crippen molar-refractivity contribution >= 4 is 17.2 Å². The Morgan fingerprint density at radius 2 is 2.08 bits per heavy atom. The largest absolute Gasteiger partial charge is 0.351 e. The van der Waals surface area contributed by atoms with E-state index in [1.807, 2.05) is 43.5 Å². The molecule has 0 saturated carbocycles. The number of rotatable bonds is 6. The number of hydrogen-bond acceptors (Lipinski definition) is 4. The van der Waals surface area contributed by atoms with Crippen molar-refractivity contribution < 1.29 is 4.79 Å². The third-order valence-corrected chi connectivity index (χ3v) is 5.02. The van der Waals surface area contributed by atoms with E-state index in [1.54, 1.807) is 34.2 Å². The van der Waals surface area contributed by atoms with Gasteiger partial charge >= 0.3 is 0 Å².